The average molecular weight is 729 g/mol. The Morgan fingerprint density at radius 2 is 0.927 bits per heavy atom. The van der Waals surface area contributed by atoms with Crippen molar-refractivity contribution in [3.8, 4) is 57.4 Å². The summed E-state index contributed by atoms with van der Waals surface area (Å²) in [5.74, 6) is 14.6. The molecule has 1 N–H and O–H groups in total. The van der Waals surface area contributed by atoms with Gasteiger partial charge in [-0.2, -0.15) is 0 Å². The minimum absolute atomic E-state index is 0.0205. The molecule has 0 atom stereocenters. The molecule has 0 heterocycles. The van der Waals surface area contributed by atoms with Crippen LogP contribution >= 0.6 is 0 Å². The van der Waals surface area contributed by atoms with Gasteiger partial charge in [0.2, 0.25) is 0 Å². The molecule has 0 saturated carbocycles. The van der Waals surface area contributed by atoms with Crippen LogP contribution in [0.1, 0.15) is 38.9 Å². The Morgan fingerprint density at radius 3 is 1.45 bits per heavy atom. The highest BCUT2D eigenvalue weighted by Gasteiger charge is 2.13. The van der Waals surface area contributed by atoms with Crippen molar-refractivity contribution < 1.29 is 28.8 Å². The Labute approximate surface area is 324 Å². The van der Waals surface area contributed by atoms with E-state index in [-0.39, 0.29) is 6.61 Å². The summed E-state index contributed by atoms with van der Waals surface area (Å²) < 4.78 is 28.3. The Balaban J connectivity index is 0.993. The second-order valence-corrected chi connectivity index (χ2v) is 12.7. The van der Waals surface area contributed by atoms with Crippen molar-refractivity contribution in [2.24, 2.45) is 0 Å². The van der Waals surface area contributed by atoms with E-state index in [0.717, 1.165) is 72.7 Å². The first kappa shape index (κ1) is 38.6. The first-order chi connectivity index (χ1) is 27.1. The van der Waals surface area contributed by atoms with Crippen molar-refractivity contribution in [3.63, 3.8) is 0 Å². The van der Waals surface area contributed by atoms with E-state index in [1.54, 1.807) is 14.2 Å². The third-order valence-electron chi connectivity index (χ3n) is 8.81. The van der Waals surface area contributed by atoms with E-state index in [1.807, 2.05) is 97.1 Å². The van der Waals surface area contributed by atoms with Crippen molar-refractivity contribution in [1.29, 1.82) is 0 Å². The van der Waals surface area contributed by atoms with Gasteiger partial charge < -0.3 is 28.8 Å². The first-order valence-electron chi connectivity index (χ1n) is 18.2. The quantitative estimate of drug-likeness (QED) is 0.0841. The van der Waals surface area contributed by atoms with Crippen LogP contribution in [0.3, 0.4) is 0 Å². The summed E-state index contributed by atoms with van der Waals surface area (Å²) in [7, 11) is 3.35. The predicted molar refractivity (Wildman–Crippen MR) is 218 cm³/mol. The van der Waals surface area contributed by atoms with Crippen molar-refractivity contribution in [2.45, 2.75) is 19.8 Å². The second-order valence-electron chi connectivity index (χ2n) is 12.7. The SMILES string of the molecule is COc1ccc(-c2cccc(COCCOCc3ccc(C#Cc4cccc(C#Cc5ccc(COCCO)cc5)c4)cc3)c2-c2ccc(OC)cc2)cc1. The number of aliphatic hydroxyl groups excluding tert-OH is 1. The van der Waals surface area contributed by atoms with Crippen LogP contribution < -0.4 is 9.47 Å². The zero-order valence-corrected chi connectivity index (χ0v) is 31.2. The van der Waals surface area contributed by atoms with E-state index in [0.29, 0.717) is 39.6 Å². The molecule has 0 aliphatic heterocycles. The molecule has 0 radical (unpaired) electrons. The molecule has 6 nitrogen and oxygen atoms in total. The molecule has 55 heavy (non-hydrogen) atoms. The van der Waals surface area contributed by atoms with Crippen molar-refractivity contribution in [1.82, 2.24) is 0 Å². The minimum Gasteiger partial charge on any atom is -0.497 e. The lowest BCUT2D eigenvalue weighted by Crippen LogP contribution is -2.05. The highest BCUT2D eigenvalue weighted by atomic mass is 16.5. The molecule has 0 amide bonds. The van der Waals surface area contributed by atoms with Gasteiger partial charge in [-0.25, -0.2) is 0 Å². The Kier molecular flexibility index (Phi) is 14.3. The molecule has 0 aliphatic rings. The maximum atomic E-state index is 8.86. The number of methoxy groups -OCH3 is 2. The summed E-state index contributed by atoms with van der Waals surface area (Å²) in [5.41, 5.74) is 11.3. The van der Waals surface area contributed by atoms with Crippen LogP contribution in [-0.2, 0) is 34.0 Å². The average Bonchev–Trinajstić information content (AvgIpc) is 3.24. The standard InChI is InChI=1S/C49H44O6/c1-51-46-25-21-43(22-26-46)48-8-4-7-45(49(48)44-23-27-47(52-2)28-24-44)36-55-32-31-54-35-42-19-13-38(14-20-42)10-16-40-6-3-5-39(33-40)15-9-37-11-17-41(18-12-37)34-53-30-29-50/h3-8,11-14,17-28,33,50H,29-32,34-36H2,1-2H3. The molecule has 0 unspecified atom stereocenters. The monoisotopic (exact) mass is 728 g/mol. The van der Waals surface area contributed by atoms with Gasteiger partial charge in [0.15, 0.2) is 0 Å². The largest absolute Gasteiger partial charge is 0.497 e. The van der Waals surface area contributed by atoms with E-state index in [4.69, 9.17) is 28.8 Å². The van der Waals surface area contributed by atoms with Crippen LogP contribution in [0.25, 0.3) is 22.3 Å². The van der Waals surface area contributed by atoms with Gasteiger partial charge in [0.05, 0.1) is 60.5 Å². The predicted octanol–water partition coefficient (Wildman–Crippen LogP) is 9.08. The Hall–Kier alpha value is -6.12. The zero-order chi connectivity index (χ0) is 38.1. The first-order valence-corrected chi connectivity index (χ1v) is 18.2. The van der Waals surface area contributed by atoms with E-state index >= 15 is 0 Å². The summed E-state index contributed by atoms with van der Waals surface area (Å²) in [6.45, 7) is 2.71. The summed E-state index contributed by atoms with van der Waals surface area (Å²) >= 11 is 0. The van der Waals surface area contributed by atoms with Gasteiger partial charge in [0, 0.05) is 22.3 Å². The number of aliphatic hydroxyl groups is 1. The topological polar surface area (TPSA) is 66.4 Å². The highest BCUT2D eigenvalue weighted by Crippen LogP contribution is 2.37. The zero-order valence-electron chi connectivity index (χ0n) is 31.2. The molecule has 6 aromatic rings. The van der Waals surface area contributed by atoms with Crippen molar-refractivity contribution in [3.05, 3.63) is 178 Å². The fourth-order valence-electron chi connectivity index (χ4n) is 5.91. The summed E-state index contributed by atoms with van der Waals surface area (Å²) in [6, 6.07) is 46.6. The molecule has 0 aromatic heterocycles. The van der Waals surface area contributed by atoms with Gasteiger partial charge in [0.1, 0.15) is 11.5 Å². The van der Waals surface area contributed by atoms with Gasteiger partial charge >= 0.3 is 0 Å². The Morgan fingerprint density at radius 1 is 0.455 bits per heavy atom. The molecule has 6 aromatic carbocycles. The summed E-state index contributed by atoms with van der Waals surface area (Å²) in [4.78, 5) is 0. The van der Waals surface area contributed by atoms with Gasteiger partial charge in [-0.3, -0.25) is 0 Å². The summed E-state index contributed by atoms with van der Waals surface area (Å²) in [5, 5.41) is 8.86. The highest BCUT2D eigenvalue weighted by molar-refractivity contribution is 5.86. The van der Waals surface area contributed by atoms with Crippen LogP contribution in [0.5, 0.6) is 11.5 Å². The van der Waals surface area contributed by atoms with Gasteiger partial charge in [-0.1, -0.05) is 96.5 Å². The minimum atomic E-state index is 0.0205. The van der Waals surface area contributed by atoms with E-state index in [2.05, 4.69) is 66.1 Å². The maximum absolute atomic E-state index is 8.86. The molecule has 0 saturated heterocycles. The Bertz CT molecular complexity index is 2240. The molecule has 0 spiro atoms. The number of benzene rings is 6. The van der Waals surface area contributed by atoms with Gasteiger partial charge in [0.25, 0.3) is 0 Å². The van der Waals surface area contributed by atoms with Gasteiger partial charge in [-0.05, 0) is 106 Å². The lowest BCUT2D eigenvalue weighted by molar-refractivity contribution is 0.0340. The number of rotatable bonds is 15. The fourth-order valence-corrected chi connectivity index (χ4v) is 5.91. The van der Waals surface area contributed by atoms with Gasteiger partial charge in [-0.15, -0.1) is 0 Å². The normalized spacial score (nSPS) is 10.5. The lowest BCUT2D eigenvalue weighted by atomic mass is 9.90. The molecule has 0 fully saturated rings. The lowest BCUT2D eigenvalue weighted by Gasteiger charge is -2.17. The van der Waals surface area contributed by atoms with E-state index in [9.17, 15) is 0 Å². The second kappa shape index (κ2) is 20.4. The van der Waals surface area contributed by atoms with Crippen LogP contribution in [0.15, 0.2) is 140 Å². The molecule has 0 bridgehead atoms. The molecule has 6 rings (SSSR count). The maximum Gasteiger partial charge on any atom is 0.118 e. The van der Waals surface area contributed by atoms with Crippen LogP contribution in [0, 0.1) is 23.7 Å². The fraction of sp³-hybridized carbons (Fsp3) is 0.184. The molecular formula is C49H44O6. The number of ether oxygens (including phenoxy) is 5. The van der Waals surface area contributed by atoms with Crippen LogP contribution in [0.4, 0.5) is 0 Å². The van der Waals surface area contributed by atoms with Crippen molar-refractivity contribution in [2.75, 3.05) is 40.6 Å². The molecule has 6 heteroatoms. The number of hydrogen-bond acceptors (Lipinski definition) is 6. The van der Waals surface area contributed by atoms with E-state index in [1.165, 1.54) is 0 Å². The van der Waals surface area contributed by atoms with E-state index < -0.39 is 0 Å². The number of hydrogen-bond donors (Lipinski definition) is 1. The molecular weight excluding hydrogens is 685 g/mol. The van der Waals surface area contributed by atoms with Crippen LogP contribution in [-0.4, -0.2) is 45.8 Å². The molecule has 0 aliphatic carbocycles. The summed E-state index contributed by atoms with van der Waals surface area (Å²) in [6.07, 6.45) is 0. The smallest absolute Gasteiger partial charge is 0.118 e. The van der Waals surface area contributed by atoms with Crippen LogP contribution in [0.2, 0.25) is 0 Å². The molecule has 276 valence electrons. The van der Waals surface area contributed by atoms with Crippen molar-refractivity contribution >= 4 is 0 Å². The third-order valence-corrected chi connectivity index (χ3v) is 8.81. The third kappa shape index (κ3) is 11.4.